The summed E-state index contributed by atoms with van der Waals surface area (Å²) in [6.07, 6.45) is 5.32. The number of aromatic hydroxyl groups is 1. The Bertz CT molecular complexity index is 645. The molecule has 0 saturated heterocycles. The maximum atomic E-state index is 10.5. The molecule has 0 saturated carbocycles. The molecule has 0 fully saturated rings. The first kappa shape index (κ1) is 12.7. The number of anilines is 1. The molecule has 0 aliphatic carbocycles. The Morgan fingerprint density at radius 1 is 1.26 bits per heavy atom. The van der Waals surface area contributed by atoms with Gasteiger partial charge in [-0.3, -0.25) is 0 Å². The van der Waals surface area contributed by atoms with Gasteiger partial charge in [0.1, 0.15) is 11.4 Å². The summed E-state index contributed by atoms with van der Waals surface area (Å²) < 4.78 is 0. The molecule has 0 amide bonds. The SMILES string of the molecule is C#Cc1cccc(NCc2cc(N=O)ccc2O)c1. The molecule has 2 aromatic rings. The van der Waals surface area contributed by atoms with Crippen LogP contribution in [0.1, 0.15) is 11.1 Å². The minimum atomic E-state index is 0.119. The Labute approximate surface area is 111 Å². The topological polar surface area (TPSA) is 61.7 Å². The number of terminal acetylenes is 1. The molecule has 4 heteroatoms. The minimum Gasteiger partial charge on any atom is -0.508 e. The number of benzene rings is 2. The van der Waals surface area contributed by atoms with Crippen molar-refractivity contribution in [3.63, 3.8) is 0 Å². The molecule has 0 aromatic heterocycles. The molecule has 4 nitrogen and oxygen atoms in total. The molecule has 2 rings (SSSR count). The van der Waals surface area contributed by atoms with E-state index in [0.717, 1.165) is 11.3 Å². The summed E-state index contributed by atoms with van der Waals surface area (Å²) in [6.45, 7) is 0.378. The van der Waals surface area contributed by atoms with Crippen molar-refractivity contribution in [2.75, 3.05) is 5.32 Å². The lowest BCUT2D eigenvalue weighted by Crippen LogP contribution is -1.99. The van der Waals surface area contributed by atoms with Crippen LogP contribution in [0, 0.1) is 17.3 Å². The third-order valence-corrected chi connectivity index (χ3v) is 2.68. The highest BCUT2D eigenvalue weighted by Gasteiger charge is 2.03. The Balaban J connectivity index is 2.14. The number of phenolic OH excluding ortho intramolecular Hbond substituents is 1. The highest BCUT2D eigenvalue weighted by molar-refractivity contribution is 5.52. The molecule has 0 unspecified atom stereocenters. The fraction of sp³-hybridized carbons (Fsp3) is 0.0667. The molecular formula is C15H12N2O2. The molecule has 94 valence electrons. The van der Waals surface area contributed by atoms with Crippen molar-refractivity contribution in [2.24, 2.45) is 5.18 Å². The summed E-state index contributed by atoms with van der Waals surface area (Å²) >= 11 is 0. The van der Waals surface area contributed by atoms with Gasteiger partial charge >= 0.3 is 0 Å². The number of rotatable bonds is 4. The van der Waals surface area contributed by atoms with Crippen LogP contribution >= 0.6 is 0 Å². The molecule has 0 spiro atoms. The smallest absolute Gasteiger partial charge is 0.120 e. The number of nitrogens with one attached hydrogen (secondary N) is 1. The van der Waals surface area contributed by atoms with Gasteiger partial charge in [0.05, 0.1) is 0 Å². The Morgan fingerprint density at radius 3 is 2.84 bits per heavy atom. The Hall–Kier alpha value is -2.80. The first-order valence-corrected chi connectivity index (χ1v) is 5.68. The van der Waals surface area contributed by atoms with Crippen molar-refractivity contribution < 1.29 is 5.11 Å². The van der Waals surface area contributed by atoms with E-state index in [9.17, 15) is 10.0 Å². The van der Waals surface area contributed by atoms with Crippen LogP contribution < -0.4 is 5.32 Å². The number of hydrogen-bond acceptors (Lipinski definition) is 4. The van der Waals surface area contributed by atoms with Gasteiger partial charge in [0.2, 0.25) is 0 Å². The number of hydrogen-bond donors (Lipinski definition) is 2. The summed E-state index contributed by atoms with van der Waals surface area (Å²) in [6, 6.07) is 11.8. The monoisotopic (exact) mass is 252 g/mol. The zero-order valence-electron chi connectivity index (χ0n) is 10.1. The zero-order chi connectivity index (χ0) is 13.7. The van der Waals surface area contributed by atoms with Crippen molar-refractivity contribution in [1.29, 1.82) is 0 Å². The van der Waals surface area contributed by atoms with E-state index in [2.05, 4.69) is 16.4 Å². The third kappa shape index (κ3) is 3.11. The minimum absolute atomic E-state index is 0.119. The second-order valence-electron chi connectivity index (χ2n) is 3.98. The zero-order valence-corrected chi connectivity index (χ0v) is 10.1. The summed E-state index contributed by atoms with van der Waals surface area (Å²) in [5, 5.41) is 15.7. The van der Waals surface area contributed by atoms with Gasteiger partial charge < -0.3 is 10.4 Å². The quantitative estimate of drug-likeness (QED) is 0.647. The lowest BCUT2D eigenvalue weighted by molar-refractivity contribution is 0.469. The van der Waals surface area contributed by atoms with Crippen molar-refractivity contribution in [2.45, 2.75) is 6.54 Å². The molecule has 19 heavy (non-hydrogen) atoms. The van der Waals surface area contributed by atoms with Gasteiger partial charge in [0.25, 0.3) is 0 Å². The van der Waals surface area contributed by atoms with Gasteiger partial charge in [-0.15, -0.1) is 11.3 Å². The summed E-state index contributed by atoms with van der Waals surface area (Å²) in [5.41, 5.74) is 2.51. The van der Waals surface area contributed by atoms with Crippen LogP contribution in [0.3, 0.4) is 0 Å². The average molecular weight is 252 g/mol. The number of nitrogens with zero attached hydrogens (tertiary/aromatic N) is 1. The van der Waals surface area contributed by atoms with Crippen LogP contribution in [0.5, 0.6) is 5.75 Å². The first-order chi connectivity index (χ1) is 9.22. The molecule has 0 bridgehead atoms. The van der Waals surface area contributed by atoms with Gasteiger partial charge in [-0.2, -0.15) is 0 Å². The summed E-state index contributed by atoms with van der Waals surface area (Å²) in [4.78, 5) is 10.5. The van der Waals surface area contributed by atoms with Crippen molar-refractivity contribution in [1.82, 2.24) is 0 Å². The van der Waals surface area contributed by atoms with E-state index in [4.69, 9.17) is 6.42 Å². The van der Waals surface area contributed by atoms with E-state index in [0.29, 0.717) is 12.1 Å². The molecule has 0 aliphatic rings. The number of phenols is 1. The lowest BCUT2D eigenvalue weighted by Gasteiger charge is -2.08. The van der Waals surface area contributed by atoms with E-state index in [-0.39, 0.29) is 11.4 Å². The summed E-state index contributed by atoms with van der Waals surface area (Å²) in [5.74, 6) is 2.67. The number of nitroso groups, excluding NO2 is 1. The largest absolute Gasteiger partial charge is 0.508 e. The molecule has 0 heterocycles. The average Bonchev–Trinajstić information content (AvgIpc) is 2.46. The van der Waals surface area contributed by atoms with Crippen molar-refractivity contribution in [3.8, 4) is 18.1 Å². The van der Waals surface area contributed by atoms with Gasteiger partial charge in [0.15, 0.2) is 0 Å². The fourth-order valence-electron chi connectivity index (χ4n) is 1.69. The van der Waals surface area contributed by atoms with Crippen LogP contribution in [-0.4, -0.2) is 5.11 Å². The summed E-state index contributed by atoms with van der Waals surface area (Å²) in [7, 11) is 0. The predicted octanol–water partition coefficient (Wildman–Crippen LogP) is 3.38. The molecular weight excluding hydrogens is 240 g/mol. The molecule has 0 radical (unpaired) electrons. The maximum Gasteiger partial charge on any atom is 0.120 e. The standard InChI is InChI=1S/C15H12N2O2/c1-2-11-4-3-5-13(8-11)16-10-12-9-14(17-19)6-7-15(12)18/h1,3-9,16,18H,10H2. The molecule has 2 N–H and O–H groups in total. The van der Waals surface area contributed by atoms with E-state index in [1.165, 1.54) is 12.1 Å². The van der Waals surface area contributed by atoms with Crippen molar-refractivity contribution >= 4 is 11.4 Å². The molecule has 0 aliphatic heterocycles. The molecule has 0 atom stereocenters. The van der Waals surface area contributed by atoms with E-state index >= 15 is 0 Å². The highest BCUT2D eigenvalue weighted by Crippen LogP contribution is 2.24. The Morgan fingerprint density at radius 2 is 2.11 bits per heavy atom. The Kier molecular flexibility index (Phi) is 3.79. The van der Waals surface area contributed by atoms with E-state index < -0.39 is 0 Å². The van der Waals surface area contributed by atoms with E-state index in [1.807, 2.05) is 24.3 Å². The van der Waals surface area contributed by atoms with Crippen molar-refractivity contribution in [3.05, 3.63) is 58.5 Å². The molecule has 2 aromatic carbocycles. The van der Waals surface area contributed by atoms with Gasteiger partial charge in [-0.1, -0.05) is 12.0 Å². The second-order valence-corrected chi connectivity index (χ2v) is 3.98. The van der Waals surface area contributed by atoms with Crippen LogP contribution in [0.15, 0.2) is 47.6 Å². The van der Waals surface area contributed by atoms with Crippen LogP contribution in [0.25, 0.3) is 0 Å². The highest BCUT2D eigenvalue weighted by atomic mass is 16.3. The predicted molar refractivity (Wildman–Crippen MR) is 75.3 cm³/mol. The first-order valence-electron chi connectivity index (χ1n) is 5.68. The van der Waals surface area contributed by atoms with Gasteiger partial charge in [-0.05, 0) is 41.6 Å². The normalized spacial score (nSPS) is 9.63. The third-order valence-electron chi connectivity index (χ3n) is 2.68. The van der Waals surface area contributed by atoms with Crippen LogP contribution in [-0.2, 0) is 6.54 Å². The van der Waals surface area contributed by atoms with Crippen LogP contribution in [0.4, 0.5) is 11.4 Å². The van der Waals surface area contributed by atoms with Gasteiger partial charge in [0, 0.05) is 23.4 Å². The second kappa shape index (κ2) is 5.69. The maximum absolute atomic E-state index is 10.5. The van der Waals surface area contributed by atoms with Crippen LogP contribution in [0.2, 0.25) is 0 Å². The van der Waals surface area contributed by atoms with Gasteiger partial charge in [-0.25, -0.2) is 0 Å². The van der Waals surface area contributed by atoms with E-state index in [1.54, 1.807) is 6.07 Å². The fourth-order valence-corrected chi connectivity index (χ4v) is 1.69. The lowest BCUT2D eigenvalue weighted by atomic mass is 10.1.